The van der Waals surface area contributed by atoms with Crippen LogP contribution in [0.2, 0.25) is 0 Å². The molecule has 146 valence electrons. The van der Waals surface area contributed by atoms with E-state index >= 15 is 0 Å². The van der Waals surface area contributed by atoms with Crippen LogP contribution in [0, 0.1) is 5.92 Å². The Labute approximate surface area is 160 Å². The number of carbonyl (C=O) groups is 1. The first kappa shape index (κ1) is 18.3. The van der Waals surface area contributed by atoms with E-state index in [2.05, 4.69) is 25.7 Å². The molecule has 1 atom stereocenters. The second-order valence-corrected chi connectivity index (χ2v) is 8.71. The number of aryl methyl sites for hydroxylation is 1. The molecule has 0 bridgehead atoms. The number of benzene rings is 1. The monoisotopic (exact) mass is 402 g/mol. The maximum absolute atomic E-state index is 12.4. The van der Waals surface area contributed by atoms with Gasteiger partial charge in [-0.2, -0.15) is 9.78 Å². The third-order valence-electron chi connectivity index (χ3n) is 4.74. The van der Waals surface area contributed by atoms with Crippen molar-refractivity contribution in [2.45, 2.75) is 30.8 Å². The molecule has 4 rings (SSSR count). The molecule has 0 unspecified atom stereocenters. The molecule has 28 heavy (non-hydrogen) atoms. The van der Waals surface area contributed by atoms with Crippen molar-refractivity contribution in [3.8, 4) is 5.69 Å². The summed E-state index contributed by atoms with van der Waals surface area (Å²) in [6, 6.07) is 6.15. The van der Waals surface area contributed by atoms with Crippen molar-refractivity contribution in [3.05, 3.63) is 47.5 Å². The third-order valence-corrected chi connectivity index (χ3v) is 5.87. The molecule has 0 radical (unpaired) electrons. The average Bonchev–Trinajstić information content (AvgIpc) is 3.34. The van der Waals surface area contributed by atoms with Gasteiger partial charge in [-0.25, -0.2) is 8.42 Å². The SMILES string of the molecule is CS(=O)(=O)c1ccc(-n2nnnc2COC(=O)[C@H]2CCc3cn[nH]c3C2)cc1. The van der Waals surface area contributed by atoms with Crippen molar-refractivity contribution in [2.75, 3.05) is 6.26 Å². The number of ether oxygens (including phenoxy) is 1. The van der Waals surface area contributed by atoms with E-state index in [4.69, 9.17) is 4.74 Å². The lowest BCUT2D eigenvalue weighted by atomic mass is 9.88. The molecular weight excluding hydrogens is 384 g/mol. The summed E-state index contributed by atoms with van der Waals surface area (Å²) in [5.41, 5.74) is 2.69. The number of aromatic amines is 1. The molecule has 10 nitrogen and oxygen atoms in total. The Morgan fingerprint density at radius 2 is 2.11 bits per heavy atom. The Kier molecular flexibility index (Phi) is 4.67. The number of fused-ring (bicyclic) bond motifs is 1. The van der Waals surface area contributed by atoms with Gasteiger partial charge in [0.25, 0.3) is 0 Å². The summed E-state index contributed by atoms with van der Waals surface area (Å²) in [6.07, 6.45) is 5.01. The van der Waals surface area contributed by atoms with E-state index in [1.165, 1.54) is 16.8 Å². The smallest absolute Gasteiger partial charge is 0.309 e. The Morgan fingerprint density at radius 1 is 1.32 bits per heavy atom. The number of sulfone groups is 1. The van der Waals surface area contributed by atoms with Crippen molar-refractivity contribution in [3.63, 3.8) is 0 Å². The van der Waals surface area contributed by atoms with Crippen LogP contribution in [-0.2, 0) is 38.8 Å². The van der Waals surface area contributed by atoms with Crippen LogP contribution < -0.4 is 0 Å². The number of H-pyrrole nitrogens is 1. The highest BCUT2D eigenvalue weighted by molar-refractivity contribution is 7.90. The van der Waals surface area contributed by atoms with E-state index < -0.39 is 9.84 Å². The molecule has 0 fully saturated rings. The summed E-state index contributed by atoms with van der Waals surface area (Å²) in [5.74, 6) is -0.188. The quantitative estimate of drug-likeness (QED) is 0.615. The predicted molar refractivity (Wildman–Crippen MR) is 96.2 cm³/mol. The highest BCUT2D eigenvalue weighted by atomic mass is 32.2. The molecule has 0 aliphatic heterocycles. The fraction of sp³-hybridized carbons (Fsp3) is 0.353. The maximum atomic E-state index is 12.4. The molecule has 11 heteroatoms. The van der Waals surface area contributed by atoms with Gasteiger partial charge < -0.3 is 4.74 Å². The van der Waals surface area contributed by atoms with Gasteiger partial charge in [-0.3, -0.25) is 9.89 Å². The summed E-state index contributed by atoms with van der Waals surface area (Å²) >= 11 is 0. The molecule has 0 saturated heterocycles. The van der Waals surface area contributed by atoms with E-state index in [9.17, 15) is 13.2 Å². The fourth-order valence-electron chi connectivity index (χ4n) is 3.19. The van der Waals surface area contributed by atoms with Gasteiger partial charge in [-0.15, -0.1) is 5.10 Å². The van der Waals surface area contributed by atoms with Gasteiger partial charge in [0.2, 0.25) is 0 Å². The number of aromatic nitrogens is 6. The second kappa shape index (κ2) is 7.15. The van der Waals surface area contributed by atoms with Gasteiger partial charge in [-0.1, -0.05) is 0 Å². The summed E-state index contributed by atoms with van der Waals surface area (Å²) in [6.45, 7) is -0.0774. The molecule has 1 N–H and O–H groups in total. The number of carbonyl (C=O) groups excluding carboxylic acids is 1. The summed E-state index contributed by atoms with van der Waals surface area (Å²) in [5, 5.41) is 18.3. The Morgan fingerprint density at radius 3 is 2.86 bits per heavy atom. The zero-order chi connectivity index (χ0) is 19.7. The van der Waals surface area contributed by atoms with Crippen LogP contribution >= 0.6 is 0 Å². The highest BCUT2D eigenvalue weighted by Gasteiger charge is 2.27. The van der Waals surface area contributed by atoms with E-state index in [0.29, 0.717) is 24.4 Å². The Hall–Kier alpha value is -3.08. The minimum absolute atomic E-state index is 0.0774. The normalized spacial score (nSPS) is 16.5. The summed E-state index contributed by atoms with van der Waals surface area (Å²) in [4.78, 5) is 12.6. The molecule has 0 spiro atoms. The van der Waals surface area contributed by atoms with Crippen molar-refractivity contribution in [2.24, 2.45) is 5.92 Å². The molecule has 3 aromatic rings. The molecule has 0 amide bonds. The first-order chi connectivity index (χ1) is 13.4. The van der Waals surface area contributed by atoms with Crippen LogP contribution in [0.4, 0.5) is 0 Å². The fourth-order valence-corrected chi connectivity index (χ4v) is 3.82. The molecular formula is C17H18N6O4S. The average molecular weight is 402 g/mol. The van der Waals surface area contributed by atoms with Gasteiger partial charge in [-0.05, 0) is 53.1 Å². The van der Waals surface area contributed by atoms with Crippen LogP contribution in [0.3, 0.4) is 0 Å². The summed E-state index contributed by atoms with van der Waals surface area (Å²) < 4.78 is 30.0. The lowest BCUT2D eigenvalue weighted by Gasteiger charge is -2.19. The minimum Gasteiger partial charge on any atom is -0.457 e. The molecule has 1 aliphatic carbocycles. The molecule has 1 aromatic carbocycles. The zero-order valence-electron chi connectivity index (χ0n) is 15.1. The largest absolute Gasteiger partial charge is 0.457 e. The first-order valence-corrected chi connectivity index (χ1v) is 10.6. The van der Waals surface area contributed by atoms with Crippen LogP contribution in [0.5, 0.6) is 0 Å². The van der Waals surface area contributed by atoms with Crippen molar-refractivity contribution >= 4 is 15.8 Å². The number of nitrogens with one attached hydrogen (secondary N) is 1. The van der Waals surface area contributed by atoms with Gasteiger partial charge >= 0.3 is 5.97 Å². The van der Waals surface area contributed by atoms with Gasteiger partial charge in [0, 0.05) is 18.4 Å². The molecule has 1 aliphatic rings. The van der Waals surface area contributed by atoms with Crippen molar-refractivity contribution in [1.82, 2.24) is 30.4 Å². The van der Waals surface area contributed by atoms with E-state index in [-0.39, 0.29) is 23.4 Å². The van der Waals surface area contributed by atoms with E-state index in [0.717, 1.165) is 23.9 Å². The number of esters is 1. The van der Waals surface area contributed by atoms with Crippen LogP contribution in [0.25, 0.3) is 5.69 Å². The lowest BCUT2D eigenvalue weighted by molar-refractivity contribution is -0.150. The molecule has 2 heterocycles. The van der Waals surface area contributed by atoms with E-state index in [1.807, 2.05) is 0 Å². The van der Waals surface area contributed by atoms with Gasteiger partial charge in [0.15, 0.2) is 22.3 Å². The second-order valence-electron chi connectivity index (χ2n) is 6.69. The Balaban J connectivity index is 1.43. The van der Waals surface area contributed by atoms with Gasteiger partial charge in [0.1, 0.15) is 0 Å². The predicted octanol–water partition coefficient (Wildman–Crippen LogP) is 0.637. The highest BCUT2D eigenvalue weighted by Crippen LogP contribution is 2.25. The Bertz CT molecular complexity index is 1100. The van der Waals surface area contributed by atoms with E-state index in [1.54, 1.807) is 18.3 Å². The molecule has 2 aromatic heterocycles. The third kappa shape index (κ3) is 3.65. The van der Waals surface area contributed by atoms with Crippen LogP contribution in [0.15, 0.2) is 35.4 Å². The number of hydrogen-bond acceptors (Lipinski definition) is 8. The minimum atomic E-state index is -3.29. The van der Waals surface area contributed by atoms with Crippen molar-refractivity contribution < 1.29 is 17.9 Å². The lowest BCUT2D eigenvalue weighted by Crippen LogP contribution is -2.25. The first-order valence-electron chi connectivity index (χ1n) is 8.67. The number of nitrogens with zero attached hydrogens (tertiary/aromatic N) is 5. The number of rotatable bonds is 5. The standard InChI is InChI=1S/C17H18N6O4S/c1-28(25,26)14-6-4-13(5-7-14)23-16(20-21-22-23)10-27-17(24)11-2-3-12-9-18-19-15(12)8-11/h4-7,9,11H,2-3,8,10H2,1H3,(H,18,19)/t11-/m0/s1. The maximum Gasteiger partial charge on any atom is 0.309 e. The zero-order valence-corrected chi connectivity index (χ0v) is 15.9. The van der Waals surface area contributed by atoms with Gasteiger partial charge in [0.05, 0.1) is 22.7 Å². The number of hydrogen-bond donors (Lipinski definition) is 1. The van der Waals surface area contributed by atoms with Crippen LogP contribution in [-0.4, -0.2) is 51.0 Å². The van der Waals surface area contributed by atoms with Crippen LogP contribution in [0.1, 0.15) is 23.5 Å². The van der Waals surface area contributed by atoms with Crippen molar-refractivity contribution in [1.29, 1.82) is 0 Å². The topological polar surface area (TPSA) is 133 Å². The summed E-state index contributed by atoms with van der Waals surface area (Å²) in [7, 11) is -3.29. The number of tetrazole rings is 1. The molecule has 0 saturated carbocycles.